The van der Waals surface area contributed by atoms with Gasteiger partial charge in [-0.1, -0.05) is 47.6 Å². The van der Waals surface area contributed by atoms with Gasteiger partial charge in [-0.2, -0.15) is 0 Å². The first-order valence-corrected chi connectivity index (χ1v) is 13.7. The average molecular weight is 568 g/mol. The number of carbonyl (C=O) groups is 4. The second-order valence-electron chi connectivity index (χ2n) is 10.6. The van der Waals surface area contributed by atoms with E-state index >= 15 is 0 Å². The molecule has 1 N–H and O–H groups in total. The van der Waals surface area contributed by atoms with Crippen molar-refractivity contribution >= 4 is 24.2 Å². The molecule has 0 heterocycles. The molecule has 1 aromatic rings. The SMILES string of the molecule is COC(=O)[C@H](Cc1ccc(OC(=O)OCCC(C)C)c(OC(=O)OCCC(C)C)c1)NCC(C)OC(=O)C(C)C. The molecule has 0 aliphatic heterocycles. The lowest BCUT2D eigenvalue weighted by Crippen LogP contribution is -2.43. The van der Waals surface area contributed by atoms with Crippen molar-refractivity contribution < 1.29 is 47.6 Å². The van der Waals surface area contributed by atoms with Crippen LogP contribution >= 0.6 is 0 Å². The summed E-state index contributed by atoms with van der Waals surface area (Å²) in [5.41, 5.74) is 0.570. The Labute approximate surface area is 237 Å². The molecule has 1 rings (SSSR count). The van der Waals surface area contributed by atoms with Gasteiger partial charge in [0.05, 0.1) is 26.2 Å². The highest BCUT2D eigenvalue weighted by molar-refractivity contribution is 5.76. The van der Waals surface area contributed by atoms with Crippen LogP contribution in [0.15, 0.2) is 18.2 Å². The topological polar surface area (TPSA) is 136 Å². The van der Waals surface area contributed by atoms with E-state index < -0.39 is 30.4 Å². The molecule has 0 aliphatic rings. The number of nitrogens with one attached hydrogen (secondary N) is 1. The lowest BCUT2D eigenvalue weighted by molar-refractivity contribution is -0.152. The highest BCUT2D eigenvalue weighted by atomic mass is 16.7. The molecule has 226 valence electrons. The van der Waals surface area contributed by atoms with Crippen molar-refractivity contribution in [2.24, 2.45) is 17.8 Å². The number of ether oxygens (including phenoxy) is 6. The number of carbonyl (C=O) groups excluding carboxylic acids is 4. The summed E-state index contributed by atoms with van der Waals surface area (Å²) in [5, 5.41) is 3.05. The van der Waals surface area contributed by atoms with Crippen molar-refractivity contribution in [3.8, 4) is 11.5 Å². The summed E-state index contributed by atoms with van der Waals surface area (Å²) >= 11 is 0. The molecule has 0 amide bonds. The van der Waals surface area contributed by atoms with Crippen molar-refractivity contribution in [3.05, 3.63) is 23.8 Å². The van der Waals surface area contributed by atoms with Gasteiger partial charge in [0.25, 0.3) is 0 Å². The molecule has 0 saturated heterocycles. The van der Waals surface area contributed by atoms with E-state index in [9.17, 15) is 19.2 Å². The van der Waals surface area contributed by atoms with E-state index in [4.69, 9.17) is 28.4 Å². The first-order valence-electron chi connectivity index (χ1n) is 13.7. The van der Waals surface area contributed by atoms with Crippen LogP contribution in [0, 0.1) is 17.8 Å². The number of hydrogen-bond donors (Lipinski definition) is 1. The second kappa shape index (κ2) is 18.1. The van der Waals surface area contributed by atoms with Gasteiger partial charge in [-0.05, 0) is 55.7 Å². The molecule has 0 bridgehead atoms. The molecule has 40 heavy (non-hydrogen) atoms. The molecule has 1 unspecified atom stereocenters. The molecule has 0 radical (unpaired) electrons. The van der Waals surface area contributed by atoms with Crippen LogP contribution in [0.4, 0.5) is 9.59 Å². The zero-order valence-corrected chi connectivity index (χ0v) is 24.9. The summed E-state index contributed by atoms with van der Waals surface area (Å²) in [5.74, 6) is -0.603. The van der Waals surface area contributed by atoms with Gasteiger partial charge in [0.15, 0.2) is 11.5 Å². The molecule has 11 nitrogen and oxygen atoms in total. The molecule has 2 atom stereocenters. The van der Waals surface area contributed by atoms with Gasteiger partial charge in [-0.3, -0.25) is 9.59 Å². The first kappa shape index (κ1) is 34.7. The molecule has 1 aromatic carbocycles. The van der Waals surface area contributed by atoms with Crippen LogP contribution in [0.2, 0.25) is 0 Å². The largest absolute Gasteiger partial charge is 0.513 e. The quantitative estimate of drug-likeness (QED) is 0.163. The molecule has 0 aliphatic carbocycles. The molecule has 0 saturated carbocycles. The normalized spacial score (nSPS) is 12.6. The van der Waals surface area contributed by atoms with E-state index in [1.165, 1.54) is 19.2 Å². The van der Waals surface area contributed by atoms with E-state index in [0.29, 0.717) is 30.2 Å². The average Bonchev–Trinajstić information content (AvgIpc) is 2.86. The van der Waals surface area contributed by atoms with Crippen LogP contribution in [0.5, 0.6) is 11.5 Å². The Bertz CT molecular complexity index is 960. The third-order valence-electron chi connectivity index (χ3n) is 5.59. The van der Waals surface area contributed by atoms with Crippen molar-refractivity contribution in [1.82, 2.24) is 5.32 Å². The summed E-state index contributed by atoms with van der Waals surface area (Å²) in [7, 11) is 1.27. The number of rotatable bonds is 16. The molecular weight excluding hydrogens is 522 g/mol. The van der Waals surface area contributed by atoms with Crippen LogP contribution in [0.1, 0.15) is 66.9 Å². The first-order chi connectivity index (χ1) is 18.8. The van der Waals surface area contributed by atoms with E-state index in [2.05, 4.69) is 5.32 Å². The molecule has 0 aromatic heterocycles. The fraction of sp³-hybridized carbons (Fsp3) is 0.655. The van der Waals surface area contributed by atoms with Gasteiger partial charge in [0.2, 0.25) is 0 Å². The van der Waals surface area contributed by atoms with Crippen molar-refractivity contribution in [3.63, 3.8) is 0 Å². The minimum absolute atomic E-state index is 0.0455. The van der Waals surface area contributed by atoms with E-state index in [0.717, 1.165) is 0 Å². The smallest absolute Gasteiger partial charge is 0.468 e. The summed E-state index contributed by atoms with van der Waals surface area (Å²) in [6, 6.07) is 3.73. The Morgan fingerprint density at radius 2 is 1.32 bits per heavy atom. The lowest BCUT2D eigenvalue weighted by Gasteiger charge is -2.21. The van der Waals surface area contributed by atoms with Gasteiger partial charge in [0, 0.05) is 6.54 Å². The van der Waals surface area contributed by atoms with E-state index in [1.807, 2.05) is 27.7 Å². The predicted octanol–water partition coefficient (Wildman–Crippen LogP) is 5.07. The summed E-state index contributed by atoms with van der Waals surface area (Å²) in [4.78, 5) is 48.9. The van der Waals surface area contributed by atoms with Crippen LogP contribution in [0.25, 0.3) is 0 Å². The number of esters is 2. The Morgan fingerprint density at radius 3 is 1.82 bits per heavy atom. The number of methoxy groups -OCH3 is 1. The third kappa shape index (κ3) is 14.2. The minimum atomic E-state index is -0.959. The maximum absolute atomic E-state index is 12.5. The van der Waals surface area contributed by atoms with Crippen LogP contribution in [-0.4, -0.2) is 63.3 Å². The Hall–Kier alpha value is -3.34. The minimum Gasteiger partial charge on any atom is -0.468 e. The number of benzene rings is 1. The van der Waals surface area contributed by atoms with Gasteiger partial charge >= 0.3 is 24.2 Å². The summed E-state index contributed by atoms with van der Waals surface area (Å²) < 4.78 is 31.2. The van der Waals surface area contributed by atoms with Crippen molar-refractivity contribution in [2.75, 3.05) is 26.9 Å². The van der Waals surface area contributed by atoms with E-state index in [1.54, 1.807) is 26.8 Å². The van der Waals surface area contributed by atoms with Crippen molar-refractivity contribution in [1.29, 1.82) is 0 Å². The second-order valence-corrected chi connectivity index (χ2v) is 10.6. The van der Waals surface area contributed by atoms with E-state index in [-0.39, 0.29) is 49.6 Å². The predicted molar refractivity (Wildman–Crippen MR) is 147 cm³/mol. The van der Waals surface area contributed by atoms with Gasteiger partial charge < -0.3 is 33.7 Å². The highest BCUT2D eigenvalue weighted by Crippen LogP contribution is 2.30. The third-order valence-corrected chi connectivity index (χ3v) is 5.59. The Balaban J connectivity index is 3.05. The fourth-order valence-corrected chi connectivity index (χ4v) is 3.14. The Morgan fingerprint density at radius 1 is 0.775 bits per heavy atom. The monoisotopic (exact) mass is 567 g/mol. The molecular formula is C29H45NO10. The number of hydrogen-bond acceptors (Lipinski definition) is 11. The van der Waals surface area contributed by atoms with Gasteiger partial charge in [0.1, 0.15) is 12.1 Å². The standard InChI is InChI=1S/C29H45NO10/c1-18(2)11-13-36-28(33)39-24-10-9-22(16-25(24)40-29(34)37-14-12-19(3)4)15-23(27(32)35-8)30-17-21(7)38-26(31)20(5)6/h9-10,16,18-21,23,30H,11-15,17H2,1-8H3/t21?,23-/m0/s1. The highest BCUT2D eigenvalue weighted by Gasteiger charge is 2.23. The molecule has 11 heteroatoms. The summed E-state index contributed by atoms with van der Waals surface area (Å²) in [6.45, 7) is 13.7. The maximum atomic E-state index is 12.5. The van der Waals surface area contributed by atoms with Gasteiger partial charge in [-0.15, -0.1) is 0 Å². The Kier molecular flexibility index (Phi) is 15.7. The zero-order chi connectivity index (χ0) is 30.2. The van der Waals surface area contributed by atoms with Crippen LogP contribution < -0.4 is 14.8 Å². The van der Waals surface area contributed by atoms with Crippen LogP contribution in [-0.2, 0) is 35.0 Å². The van der Waals surface area contributed by atoms with Gasteiger partial charge in [-0.25, -0.2) is 9.59 Å². The fourth-order valence-electron chi connectivity index (χ4n) is 3.14. The molecule has 0 fully saturated rings. The maximum Gasteiger partial charge on any atom is 0.513 e. The zero-order valence-electron chi connectivity index (χ0n) is 24.9. The van der Waals surface area contributed by atoms with Crippen LogP contribution in [0.3, 0.4) is 0 Å². The summed E-state index contributed by atoms with van der Waals surface area (Å²) in [6.07, 6.45) is -0.937. The lowest BCUT2D eigenvalue weighted by atomic mass is 10.0. The molecule has 0 spiro atoms. The van der Waals surface area contributed by atoms with Crippen molar-refractivity contribution in [2.45, 2.75) is 79.9 Å².